The molecule has 1 fully saturated rings. The van der Waals surface area contributed by atoms with Gasteiger partial charge in [0, 0.05) is 57.3 Å². The molecule has 2 atom stereocenters. The molecular weight excluding hydrogens is 446 g/mol. The summed E-state index contributed by atoms with van der Waals surface area (Å²) in [5.41, 5.74) is 7.21. The zero-order chi connectivity index (χ0) is 19.6. The Morgan fingerprint density at radius 3 is 2.29 bits per heavy atom. The molecule has 0 aliphatic heterocycles. The molecule has 0 bridgehead atoms. The van der Waals surface area contributed by atoms with Gasteiger partial charge in [-0.05, 0) is 24.0 Å². The van der Waals surface area contributed by atoms with E-state index in [0.717, 1.165) is 24.8 Å². The van der Waals surface area contributed by atoms with Gasteiger partial charge in [0.15, 0.2) is 0 Å². The van der Waals surface area contributed by atoms with Crippen molar-refractivity contribution in [2.45, 2.75) is 58.2 Å². The van der Waals surface area contributed by atoms with Crippen molar-refractivity contribution in [1.82, 2.24) is 0 Å². The van der Waals surface area contributed by atoms with Gasteiger partial charge in [0.05, 0.1) is 0 Å². The van der Waals surface area contributed by atoms with Gasteiger partial charge in [-0.25, -0.2) is 4.79 Å². The first-order valence-electron chi connectivity index (χ1n) is 9.58. The molecule has 0 saturated heterocycles. The number of hydrogen-bond acceptors (Lipinski definition) is 3. The monoisotopic (exact) mass is 483 g/mol. The van der Waals surface area contributed by atoms with Crippen LogP contribution in [0, 0.1) is 13.3 Å². The maximum Gasteiger partial charge on any atom is 0.332 e. The predicted molar refractivity (Wildman–Crippen MR) is 120 cm³/mol. The van der Waals surface area contributed by atoms with Crippen molar-refractivity contribution in [1.29, 1.82) is 0 Å². The number of carboxylic acid groups (broad SMARTS) is 1. The summed E-state index contributed by atoms with van der Waals surface area (Å²) >= 11 is 0. The zero-order valence-electron chi connectivity index (χ0n) is 17.7. The average Bonchev–Trinajstić information content (AvgIpc) is 2.64. The molecule has 28 heavy (non-hydrogen) atoms. The molecule has 0 heterocycles. The Hall–Kier alpha value is -0.246. The topological polar surface area (TPSA) is 83.5 Å². The maximum absolute atomic E-state index is 11.6. The smallest absolute Gasteiger partial charge is 0.332 e. The van der Waals surface area contributed by atoms with Gasteiger partial charge in [0.2, 0.25) is 0 Å². The van der Waals surface area contributed by atoms with E-state index in [-0.39, 0.29) is 51.9 Å². The summed E-state index contributed by atoms with van der Waals surface area (Å²) in [5.74, 6) is -0.904. The SMILES string of the molecule is C=P(O)(C/C(=C/c1ccccc1)C(=O)O)C(N)CC1CCCCC1.CC.[CH3-].[Y]. The van der Waals surface area contributed by atoms with E-state index in [1.807, 2.05) is 44.2 Å². The molecule has 0 amide bonds. The van der Waals surface area contributed by atoms with Gasteiger partial charge in [-0.1, -0.05) is 82.6 Å². The van der Waals surface area contributed by atoms with Crippen molar-refractivity contribution in [3.63, 3.8) is 0 Å². The molecule has 1 aromatic rings. The third-order valence-electron chi connectivity index (χ3n) is 4.78. The summed E-state index contributed by atoms with van der Waals surface area (Å²) in [4.78, 5) is 22.3. The number of carbonyl (C=O) groups is 1. The number of aliphatic carboxylic acids is 1. The van der Waals surface area contributed by atoms with Crippen molar-refractivity contribution in [3.05, 3.63) is 48.9 Å². The molecule has 1 aliphatic carbocycles. The van der Waals surface area contributed by atoms with E-state index in [2.05, 4.69) is 6.30 Å². The molecule has 1 aromatic carbocycles. The van der Waals surface area contributed by atoms with Gasteiger partial charge in [-0.3, -0.25) is 0 Å². The van der Waals surface area contributed by atoms with Gasteiger partial charge < -0.3 is 23.2 Å². The van der Waals surface area contributed by atoms with Crippen LogP contribution in [0.4, 0.5) is 0 Å². The van der Waals surface area contributed by atoms with Crippen LogP contribution in [0.1, 0.15) is 57.9 Å². The van der Waals surface area contributed by atoms with Crippen LogP contribution in [-0.2, 0) is 37.5 Å². The molecule has 0 aromatic heterocycles. The molecule has 1 aliphatic rings. The second kappa shape index (κ2) is 15.6. The minimum absolute atomic E-state index is 0. The van der Waals surface area contributed by atoms with E-state index in [1.54, 1.807) is 6.08 Å². The van der Waals surface area contributed by atoms with E-state index in [0.29, 0.717) is 5.92 Å². The average molecular weight is 483 g/mol. The number of nitrogens with two attached hydrogens (primary N) is 1. The van der Waals surface area contributed by atoms with E-state index in [4.69, 9.17) is 5.73 Å². The van der Waals surface area contributed by atoms with E-state index in [1.165, 1.54) is 19.3 Å². The van der Waals surface area contributed by atoms with Crippen molar-refractivity contribution in [2.75, 3.05) is 6.16 Å². The Kier molecular flexibility index (Phi) is 16.7. The molecule has 157 valence electrons. The fraction of sp³-hybridized carbons (Fsp3) is 0.500. The van der Waals surface area contributed by atoms with E-state index in [9.17, 15) is 14.8 Å². The molecule has 0 spiro atoms. The third-order valence-corrected chi connectivity index (χ3v) is 7.11. The first kappa shape index (κ1) is 30.0. The summed E-state index contributed by atoms with van der Waals surface area (Å²) in [6.45, 7) is 4.00. The zero-order valence-corrected chi connectivity index (χ0v) is 21.4. The fourth-order valence-corrected chi connectivity index (χ4v) is 5.04. The van der Waals surface area contributed by atoms with Gasteiger partial charge >= 0.3 is 5.97 Å². The predicted octanol–water partition coefficient (Wildman–Crippen LogP) is 5.24. The second-order valence-electron chi connectivity index (χ2n) is 6.84. The van der Waals surface area contributed by atoms with Crippen LogP contribution >= 0.6 is 7.11 Å². The van der Waals surface area contributed by atoms with Crippen molar-refractivity contribution >= 4 is 25.5 Å². The van der Waals surface area contributed by atoms with Crippen LogP contribution in [-0.4, -0.2) is 34.2 Å². The maximum atomic E-state index is 11.6. The molecular formula is C22H37NO3PY-. The number of benzene rings is 1. The Balaban J connectivity index is 0. The Morgan fingerprint density at radius 1 is 1.25 bits per heavy atom. The Bertz CT molecular complexity index is 628. The summed E-state index contributed by atoms with van der Waals surface area (Å²) in [6, 6.07) is 9.26. The van der Waals surface area contributed by atoms with Crippen LogP contribution in [0.5, 0.6) is 0 Å². The molecule has 4 nitrogen and oxygen atoms in total. The van der Waals surface area contributed by atoms with E-state index >= 15 is 0 Å². The van der Waals surface area contributed by atoms with Gasteiger partial charge in [-0.15, -0.1) is 0 Å². The third kappa shape index (κ3) is 10.5. The van der Waals surface area contributed by atoms with Gasteiger partial charge in [-0.2, -0.15) is 0 Å². The first-order valence-corrected chi connectivity index (χ1v) is 11.8. The largest absolute Gasteiger partial charge is 0.478 e. The quantitative estimate of drug-likeness (QED) is 0.281. The molecule has 1 radical (unpaired) electrons. The normalized spacial score (nSPS) is 17.6. The number of rotatable bonds is 7. The first-order chi connectivity index (χ1) is 12.4. The van der Waals surface area contributed by atoms with Crippen molar-refractivity contribution in [3.8, 4) is 0 Å². The molecule has 2 rings (SSSR count). The van der Waals surface area contributed by atoms with Crippen LogP contribution < -0.4 is 5.73 Å². The molecule has 1 saturated carbocycles. The van der Waals surface area contributed by atoms with Gasteiger partial charge in [0.25, 0.3) is 0 Å². The fourth-order valence-electron chi connectivity index (χ4n) is 3.30. The summed E-state index contributed by atoms with van der Waals surface area (Å²) in [5, 5.41) is 9.47. The van der Waals surface area contributed by atoms with Crippen LogP contribution in [0.3, 0.4) is 0 Å². The molecule has 4 N–H and O–H groups in total. The molecule has 6 heteroatoms. The Labute approximate surface area is 196 Å². The van der Waals surface area contributed by atoms with Crippen LogP contribution in [0.25, 0.3) is 6.08 Å². The Morgan fingerprint density at radius 2 is 1.79 bits per heavy atom. The summed E-state index contributed by atoms with van der Waals surface area (Å²) in [7, 11) is -2.77. The number of hydrogen-bond donors (Lipinski definition) is 3. The van der Waals surface area contributed by atoms with E-state index < -0.39 is 18.9 Å². The second-order valence-corrected chi connectivity index (χ2v) is 9.79. The van der Waals surface area contributed by atoms with Crippen molar-refractivity contribution < 1.29 is 47.5 Å². The van der Waals surface area contributed by atoms with Crippen LogP contribution in [0.15, 0.2) is 35.9 Å². The standard InChI is InChI=1S/C19H28NO3P.C2H6.CH3.Y/c1-24(23,18(20)13-16-10-6-3-7-11-16)14-17(19(21)22)12-15-8-4-2-5-9-15;1-2;;/h2,4-5,8-9,12,16,18,23H,1,3,6-7,10-11,13-14,20H2,(H,21,22);1-2H3;1H3;/q;;-1;/b17-12-;;;. The van der Waals surface area contributed by atoms with Crippen molar-refractivity contribution in [2.24, 2.45) is 11.7 Å². The minimum atomic E-state index is -2.77. The number of carboxylic acids is 1. The summed E-state index contributed by atoms with van der Waals surface area (Å²) in [6.07, 6.45) is 12.4. The molecule has 2 unspecified atom stereocenters. The summed E-state index contributed by atoms with van der Waals surface area (Å²) < 4.78 is 0. The van der Waals surface area contributed by atoms with Crippen LogP contribution in [0.2, 0.25) is 0 Å². The minimum Gasteiger partial charge on any atom is -0.478 e. The van der Waals surface area contributed by atoms with Gasteiger partial charge in [0.1, 0.15) is 0 Å².